The van der Waals surface area contributed by atoms with E-state index in [2.05, 4.69) is 15.6 Å². The zero-order valence-corrected chi connectivity index (χ0v) is 14.6. The average Bonchev–Trinajstić information content (AvgIpc) is 3.03. The third-order valence-electron chi connectivity index (χ3n) is 5.83. The van der Waals surface area contributed by atoms with Crippen LogP contribution in [0, 0.1) is 11.8 Å². The van der Waals surface area contributed by atoms with Gasteiger partial charge in [0.25, 0.3) is 0 Å². The van der Waals surface area contributed by atoms with Gasteiger partial charge in [-0.3, -0.25) is 4.79 Å². The molecule has 3 aliphatic rings. The molecule has 7 nitrogen and oxygen atoms in total. The number of hydrogen-bond donors (Lipinski definition) is 2. The van der Waals surface area contributed by atoms with Crippen molar-refractivity contribution < 1.29 is 14.6 Å². The van der Waals surface area contributed by atoms with Gasteiger partial charge in [0.2, 0.25) is 5.91 Å². The van der Waals surface area contributed by atoms with Crippen molar-refractivity contribution in [3.63, 3.8) is 0 Å². The zero-order valence-electron chi connectivity index (χ0n) is 14.6. The number of amides is 1. The molecular weight excluding hydrogens is 320 g/mol. The topological polar surface area (TPSA) is 89.3 Å². The van der Waals surface area contributed by atoms with Crippen LogP contribution in [0.3, 0.4) is 0 Å². The summed E-state index contributed by atoms with van der Waals surface area (Å²) in [5, 5.41) is 21.2. The number of hydrogen-bond acceptors (Lipinski definition) is 5. The Morgan fingerprint density at radius 1 is 1.36 bits per heavy atom. The van der Waals surface area contributed by atoms with Crippen molar-refractivity contribution in [3.8, 4) is 0 Å². The van der Waals surface area contributed by atoms with Crippen molar-refractivity contribution in [2.75, 3.05) is 13.2 Å². The molecule has 3 atom stereocenters. The number of nitrogens with zero attached hydrogens (tertiary/aromatic N) is 3. The minimum absolute atomic E-state index is 0.0469. The first-order chi connectivity index (χ1) is 12.2. The highest BCUT2D eigenvalue weighted by Crippen LogP contribution is 2.31. The summed E-state index contributed by atoms with van der Waals surface area (Å²) in [5.74, 6) is 0.944. The van der Waals surface area contributed by atoms with Crippen LogP contribution in [0.25, 0.3) is 0 Å². The minimum Gasteiger partial charge on any atom is -0.394 e. The first kappa shape index (κ1) is 17.0. The average molecular weight is 348 g/mol. The van der Waals surface area contributed by atoms with Gasteiger partial charge in [-0.05, 0) is 25.2 Å². The maximum atomic E-state index is 11.9. The summed E-state index contributed by atoms with van der Waals surface area (Å²) in [6.45, 7) is 0.451. The third kappa shape index (κ3) is 4.03. The van der Waals surface area contributed by atoms with Gasteiger partial charge in [0.05, 0.1) is 37.1 Å². The molecule has 25 heavy (non-hydrogen) atoms. The summed E-state index contributed by atoms with van der Waals surface area (Å²) in [6, 6.07) is -0.207. The number of aromatic nitrogens is 3. The Morgan fingerprint density at radius 3 is 2.88 bits per heavy atom. The van der Waals surface area contributed by atoms with E-state index >= 15 is 0 Å². The SMILES string of the molecule is O=C(N[C@@H](CO)[C@@H]1C[C@@H](n2cc(CC3CCCC3)nn2)CO1)C1CC1. The number of aliphatic hydroxyl groups is 1. The summed E-state index contributed by atoms with van der Waals surface area (Å²) in [4.78, 5) is 11.9. The molecule has 0 unspecified atom stereocenters. The molecule has 2 N–H and O–H groups in total. The normalized spacial score (nSPS) is 28.4. The van der Waals surface area contributed by atoms with Crippen molar-refractivity contribution in [3.05, 3.63) is 11.9 Å². The second-order valence-electron chi connectivity index (χ2n) is 7.88. The van der Waals surface area contributed by atoms with Gasteiger partial charge in [0, 0.05) is 18.5 Å². The van der Waals surface area contributed by atoms with Gasteiger partial charge < -0.3 is 15.2 Å². The predicted octanol–water partition coefficient (Wildman–Crippen LogP) is 1.23. The number of carbonyl (C=O) groups is 1. The molecule has 1 amide bonds. The molecule has 1 aromatic rings. The Balaban J connectivity index is 1.31. The molecule has 0 bridgehead atoms. The molecule has 0 spiro atoms. The molecule has 0 aromatic carbocycles. The van der Waals surface area contributed by atoms with Crippen LogP contribution in [0.4, 0.5) is 0 Å². The Labute approximate surface area is 148 Å². The van der Waals surface area contributed by atoms with Crippen LogP contribution in [0.15, 0.2) is 6.20 Å². The van der Waals surface area contributed by atoms with Crippen LogP contribution in [0.2, 0.25) is 0 Å². The summed E-state index contributed by atoms with van der Waals surface area (Å²) < 4.78 is 7.76. The summed E-state index contributed by atoms with van der Waals surface area (Å²) in [5.41, 5.74) is 1.07. The van der Waals surface area contributed by atoms with E-state index in [-0.39, 0.29) is 36.6 Å². The quantitative estimate of drug-likeness (QED) is 0.773. The number of nitrogens with one attached hydrogen (secondary N) is 1. The fourth-order valence-electron chi connectivity index (χ4n) is 4.10. The maximum absolute atomic E-state index is 11.9. The molecule has 7 heteroatoms. The van der Waals surface area contributed by atoms with Crippen molar-refractivity contribution in [2.24, 2.45) is 11.8 Å². The number of carbonyl (C=O) groups excluding carboxylic acids is 1. The van der Waals surface area contributed by atoms with E-state index in [9.17, 15) is 9.90 Å². The summed E-state index contributed by atoms with van der Waals surface area (Å²) in [6.07, 6.45) is 10.8. The molecule has 138 valence electrons. The van der Waals surface area contributed by atoms with Crippen molar-refractivity contribution in [1.82, 2.24) is 20.3 Å². The summed E-state index contributed by atoms with van der Waals surface area (Å²) in [7, 11) is 0. The molecular formula is C18H28N4O3. The summed E-state index contributed by atoms with van der Waals surface area (Å²) >= 11 is 0. The Hall–Kier alpha value is -1.47. The van der Waals surface area contributed by atoms with Crippen LogP contribution in [0.1, 0.15) is 56.7 Å². The van der Waals surface area contributed by atoms with Gasteiger partial charge in [-0.1, -0.05) is 30.9 Å². The molecule has 0 radical (unpaired) electrons. The van der Waals surface area contributed by atoms with Crippen molar-refractivity contribution >= 4 is 5.91 Å². The Morgan fingerprint density at radius 2 is 2.16 bits per heavy atom. The molecule has 1 aliphatic heterocycles. The number of ether oxygens (including phenoxy) is 1. The van der Waals surface area contributed by atoms with E-state index in [1.165, 1.54) is 25.7 Å². The first-order valence-corrected chi connectivity index (χ1v) is 9.66. The van der Waals surface area contributed by atoms with Gasteiger partial charge in [-0.2, -0.15) is 0 Å². The fourth-order valence-corrected chi connectivity index (χ4v) is 4.10. The maximum Gasteiger partial charge on any atom is 0.223 e. The van der Waals surface area contributed by atoms with Gasteiger partial charge in [0.15, 0.2) is 0 Å². The van der Waals surface area contributed by atoms with Gasteiger partial charge in [0.1, 0.15) is 0 Å². The van der Waals surface area contributed by atoms with Crippen LogP contribution in [0.5, 0.6) is 0 Å². The molecule has 2 saturated carbocycles. The van der Waals surface area contributed by atoms with E-state index in [1.54, 1.807) is 0 Å². The van der Waals surface area contributed by atoms with E-state index in [4.69, 9.17) is 4.74 Å². The van der Waals surface area contributed by atoms with E-state index in [0.717, 1.165) is 37.3 Å². The van der Waals surface area contributed by atoms with Crippen molar-refractivity contribution in [2.45, 2.75) is 69.6 Å². The van der Waals surface area contributed by atoms with E-state index < -0.39 is 0 Å². The Kier molecular flexibility index (Phi) is 5.03. The molecule has 2 heterocycles. The van der Waals surface area contributed by atoms with Crippen LogP contribution in [-0.2, 0) is 16.0 Å². The standard InChI is InChI=1S/C18H28N4O3/c23-10-16(19-18(24)13-5-6-13)17-8-15(11-25-17)22-9-14(20-21-22)7-12-3-1-2-4-12/h9,12-13,15-17,23H,1-8,10-11H2,(H,19,24)/t15-,16+,17+/m1/s1. The smallest absolute Gasteiger partial charge is 0.223 e. The van der Waals surface area contributed by atoms with Gasteiger partial charge in [-0.15, -0.1) is 5.10 Å². The Bertz CT molecular complexity index is 595. The highest BCUT2D eigenvalue weighted by Gasteiger charge is 2.37. The van der Waals surface area contributed by atoms with Gasteiger partial charge in [-0.25, -0.2) is 4.68 Å². The highest BCUT2D eigenvalue weighted by atomic mass is 16.5. The lowest BCUT2D eigenvalue weighted by molar-refractivity contribution is -0.124. The van der Waals surface area contributed by atoms with E-state index in [0.29, 0.717) is 6.61 Å². The second-order valence-corrected chi connectivity index (χ2v) is 7.88. The number of rotatable bonds is 7. The predicted molar refractivity (Wildman–Crippen MR) is 90.8 cm³/mol. The van der Waals surface area contributed by atoms with Crippen LogP contribution >= 0.6 is 0 Å². The van der Waals surface area contributed by atoms with Crippen molar-refractivity contribution in [1.29, 1.82) is 0 Å². The number of aliphatic hydroxyl groups excluding tert-OH is 1. The molecule has 1 saturated heterocycles. The molecule has 4 rings (SSSR count). The van der Waals surface area contributed by atoms with Crippen LogP contribution < -0.4 is 5.32 Å². The fraction of sp³-hybridized carbons (Fsp3) is 0.833. The van der Waals surface area contributed by atoms with Gasteiger partial charge >= 0.3 is 0 Å². The second kappa shape index (κ2) is 7.41. The first-order valence-electron chi connectivity index (χ1n) is 9.66. The molecule has 3 fully saturated rings. The zero-order chi connectivity index (χ0) is 17.2. The third-order valence-corrected chi connectivity index (χ3v) is 5.83. The molecule has 2 aliphatic carbocycles. The largest absolute Gasteiger partial charge is 0.394 e. The molecule has 1 aromatic heterocycles. The van der Waals surface area contributed by atoms with Crippen LogP contribution in [-0.4, -0.2) is 51.4 Å². The lowest BCUT2D eigenvalue weighted by atomic mass is 10.0. The monoisotopic (exact) mass is 348 g/mol. The lowest BCUT2D eigenvalue weighted by Crippen LogP contribution is -2.46. The highest BCUT2D eigenvalue weighted by molar-refractivity contribution is 5.81. The van der Waals surface area contributed by atoms with E-state index in [1.807, 2.05) is 10.9 Å². The lowest BCUT2D eigenvalue weighted by Gasteiger charge is -2.22. The minimum atomic E-state index is -0.334.